The SMILES string of the molecule is CCCC[C@@H](N)c1ccc(C)o1. The van der Waals surface area contributed by atoms with Crippen LogP contribution in [0.3, 0.4) is 0 Å². The summed E-state index contributed by atoms with van der Waals surface area (Å²) < 4.78 is 5.42. The average Bonchev–Trinajstić information content (AvgIpc) is 2.47. The predicted octanol–water partition coefficient (Wildman–Crippen LogP) is 2.78. The fraction of sp³-hybridized carbons (Fsp3) is 0.600. The molecule has 2 N–H and O–H groups in total. The minimum absolute atomic E-state index is 0.0821. The quantitative estimate of drug-likeness (QED) is 0.748. The highest BCUT2D eigenvalue weighted by atomic mass is 16.3. The molecular formula is C10H17NO. The second kappa shape index (κ2) is 4.31. The summed E-state index contributed by atoms with van der Waals surface area (Å²) in [4.78, 5) is 0. The zero-order valence-corrected chi connectivity index (χ0v) is 7.84. The van der Waals surface area contributed by atoms with Crippen LogP contribution in [0.5, 0.6) is 0 Å². The van der Waals surface area contributed by atoms with E-state index in [1.807, 2.05) is 19.1 Å². The van der Waals surface area contributed by atoms with Crippen molar-refractivity contribution in [1.29, 1.82) is 0 Å². The van der Waals surface area contributed by atoms with Crippen molar-refractivity contribution in [2.75, 3.05) is 0 Å². The summed E-state index contributed by atoms with van der Waals surface area (Å²) in [6.45, 7) is 4.11. The lowest BCUT2D eigenvalue weighted by Crippen LogP contribution is -2.08. The van der Waals surface area contributed by atoms with Crippen molar-refractivity contribution in [3.8, 4) is 0 Å². The van der Waals surface area contributed by atoms with Crippen LogP contribution in [0.2, 0.25) is 0 Å². The third-order valence-electron chi connectivity index (χ3n) is 2.00. The molecule has 0 bridgehead atoms. The van der Waals surface area contributed by atoms with Crippen LogP contribution < -0.4 is 5.73 Å². The molecule has 0 radical (unpaired) electrons. The van der Waals surface area contributed by atoms with Gasteiger partial charge in [-0.2, -0.15) is 0 Å². The van der Waals surface area contributed by atoms with Gasteiger partial charge in [-0.15, -0.1) is 0 Å². The highest BCUT2D eigenvalue weighted by molar-refractivity contribution is 5.08. The Morgan fingerprint density at radius 3 is 2.75 bits per heavy atom. The van der Waals surface area contributed by atoms with E-state index in [0.29, 0.717) is 0 Å². The van der Waals surface area contributed by atoms with Gasteiger partial charge in [-0.25, -0.2) is 0 Å². The maximum absolute atomic E-state index is 5.90. The fourth-order valence-electron chi connectivity index (χ4n) is 1.22. The van der Waals surface area contributed by atoms with Crippen molar-refractivity contribution in [3.05, 3.63) is 23.7 Å². The summed E-state index contributed by atoms with van der Waals surface area (Å²) in [5.74, 6) is 1.86. The van der Waals surface area contributed by atoms with Gasteiger partial charge in [0.2, 0.25) is 0 Å². The first-order valence-corrected chi connectivity index (χ1v) is 4.56. The molecule has 0 aliphatic rings. The van der Waals surface area contributed by atoms with E-state index in [2.05, 4.69) is 6.92 Å². The van der Waals surface area contributed by atoms with E-state index in [-0.39, 0.29) is 6.04 Å². The summed E-state index contributed by atoms with van der Waals surface area (Å²) in [5.41, 5.74) is 5.90. The molecule has 0 amide bonds. The van der Waals surface area contributed by atoms with Gasteiger partial charge in [-0.3, -0.25) is 0 Å². The van der Waals surface area contributed by atoms with Crippen LogP contribution in [0.1, 0.15) is 43.7 Å². The van der Waals surface area contributed by atoms with Crippen LogP contribution in [0.4, 0.5) is 0 Å². The monoisotopic (exact) mass is 167 g/mol. The number of furan rings is 1. The number of hydrogen-bond acceptors (Lipinski definition) is 2. The van der Waals surface area contributed by atoms with Gasteiger partial charge in [0.1, 0.15) is 11.5 Å². The van der Waals surface area contributed by atoms with Crippen molar-refractivity contribution in [1.82, 2.24) is 0 Å². The van der Waals surface area contributed by atoms with Gasteiger partial charge in [0.25, 0.3) is 0 Å². The third-order valence-corrected chi connectivity index (χ3v) is 2.00. The fourth-order valence-corrected chi connectivity index (χ4v) is 1.22. The second-order valence-electron chi connectivity index (χ2n) is 3.20. The van der Waals surface area contributed by atoms with E-state index in [4.69, 9.17) is 10.2 Å². The molecule has 2 nitrogen and oxygen atoms in total. The molecule has 2 heteroatoms. The minimum Gasteiger partial charge on any atom is -0.465 e. The van der Waals surface area contributed by atoms with Crippen LogP contribution in [0.25, 0.3) is 0 Å². The van der Waals surface area contributed by atoms with Crippen molar-refractivity contribution in [3.63, 3.8) is 0 Å². The Bertz CT molecular complexity index is 229. The first kappa shape index (κ1) is 9.33. The lowest BCUT2D eigenvalue weighted by molar-refractivity contribution is 0.428. The predicted molar refractivity (Wildman–Crippen MR) is 49.9 cm³/mol. The van der Waals surface area contributed by atoms with Crippen LogP contribution in [-0.4, -0.2) is 0 Å². The molecule has 0 aliphatic heterocycles. The molecule has 12 heavy (non-hydrogen) atoms. The Labute approximate surface area is 73.8 Å². The van der Waals surface area contributed by atoms with Gasteiger partial charge in [-0.05, 0) is 25.5 Å². The normalized spacial score (nSPS) is 13.2. The molecule has 0 saturated heterocycles. The molecule has 0 unspecified atom stereocenters. The summed E-state index contributed by atoms with van der Waals surface area (Å²) in [5, 5.41) is 0. The zero-order chi connectivity index (χ0) is 8.97. The van der Waals surface area contributed by atoms with Crippen LogP contribution in [0, 0.1) is 6.92 Å². The van der Waals surface area contributed by atoms with E-state index in [1.54, 1.807) is 0 Å². The lowest BCUT2D eigenvalue weighted by Gasteiger charge is -2.06. The molecule has 1 rings (SSSR count). The van der Waals surface area contributed by atoms with E-state index in [0.717, 1.165) is 17.9 Å². The largest absolute Gasteiger partial charge is 0.465 e. The van der Waals surface area contributed by atoms with Crippen molar-refractivity contribution in [2.45, 2.75) is 39.2 Å². The summed E-state index contributed by atoms with van der Waals surface area (Å²) in [6.07, 6.45) is 3.37. The third kappa shape index (κ3) is 2.38. The van der Waals surface area contributed by atoms with E-state index < -0.39 is 0 Å². The number of nitrogens with two attached hydrogens (primary N) is 1. The molecule has 0 saturated carbocycles. The Morgan fingerprint density at radius 2 is 2.25 bits per heavy atom. The van der Waals surface area contributed by atoms with E-state index in [9.17, 15) is 0 Å². The number of rotatable bonds is 4. The van der Waals surface area contributed by atoms with E-state index in [1.165, 1.54) is 12.8 Å². The van der Waals surface area contributed by atoms with Crippen LogP contribution in [-0.2, 0) is 0 Å². The standard InChI is InChI=1S/C10H17NO/c1-3-4-5-9(11)10-7-6-8(2)12-10/h6-7,9H,3-5,11H2,1-2H3/t9-/m1/s1. The molecule has 1 heterocycles. The Hall–Kier alpha value is -0.760. The molecule has 0 aromatic carbocycles. The molecule has 0 spiro atoms. The highest BCUT2D eigenvalue weighted by Gasteiger charge is 2.08. The smallest absolute Gasteiger partial charge is 0.120 e. The van der Waals surface area contributed by atoms with Gasteiger partial charge in [0, 0.05) is 0 Å². The van der Waals surface area contributed by atoms with Gasteiger partial charge in [-0.1, -0.05) is 19.8 Å². The molecule has 1 aromatic rings. The Morgan fingerprint density at radius 1 is 1.50 bits per heavy atom. The Balaban J connectivity index is 2.47. The van der Waals surface area contributed by atoms with Crippen molar-refractivity contribution < 1.29 is 4.42 Å². The molecule has 68 valence electrons. The average molecular weight is 167 g/mol. The summed E-state index contributed by atoms with van der Waals surface area (Å²) in [7, 11) is 0. The minimum atomic E-state index is 0.0821. The molecular weight excluding hydrogens is 150 g/mol. The number of aryl methyl sites for hydroxylation is 1. The maximum Gasteiger partial charge on any atom is 0.120 e. The summed E-state index contributed by atoms with van der Waals surface area (Å²) in [6, 6.07) is 4.01. The number of unbranched alkanes of at least 4 members (excludes halogenated alkanes) is 1. The van der Waals surface area contributed by atoms with Crippen LogP contribution >= 0.6 is 0 Å². The van der Waals surface area contributed by atoms with Gasteiger partial charge in [0.15, 0.2) is 0 Å². The van der Waals surface area contributed by atoms with E-state index >= 15 is 0 Å². The molecule has 1 aromatic heterocycles. The maximum atomic E-state index is 5.90. The first-order valence-electron chi connectivity index (χ1n) is 4.56. The van der Waals surface area contributed by atoms with Gasteiger partial charge >= 0.3 is 0 Å². The van der Waals surface area contributed by atoms with Gasteiger partial charge < -0.3 is 10.2 Å². The summed E-state index contributed by atoms with van der Waals surface area (Å²) >= 11 is 0. The number of hydrogen-bond donors (Lipinski definition) is 1. The van der Waals surface area contributed by atoms with Gasteiger partial charge in [0.05, 0.1) is 6.04 Å². The second-order valence-corrected chi connectivity index (χ2v) is 3.20. The molecule has 1 atom stereocenters. The first-order chi connectivity index (χ1) is 5.74. The lowest BCUT2D eigenvalue weighted by atomic mass is 10.1. The van der Waals surface area contributed by atoms with Crippen molar-refractivity contribution >= 4 is 0 Å². The van der Waals surface area contributed by atoms with Crippen LogP contribution in [0.15, 0.2) is 16.5 Å². The van der Waals surface area contributed by atoms with Crippen molar-refractivity contribution in [2.24, 2.45) is 5.73 Å². The Kier molecular flexibility index (Phi) is 3.35. The molecule has 0 fully saturated rings. The molecule has 0 aliphatic carbocycles. The zero-order valence-electron chi connectivity index (χ0n) is 7.84. The highest BCUT2D eigenvalue weighted by Crippen LogP contribution is 2.18. The topological polar surface area (TPSA) is 39.2 Å².